The van der Waals surface area contributed by atoms with Gasteiger partial charge in [0.2, 0.25) is 0 Å². The Labute approximate surface area is 175 Å². The van der Waals surface area contributed by atoms with Crippen LogP contribution in [0.4, 0.5) is 4.79 Å². The summed E-state index contributed by atoms with van der Waals surface area (Å²) in [7, 11) is 1.20. The molecule has 1 aromatic rings. The Kier molecular flexibility index (Phi) is 7.96. The van der Waals surface area contributed by atoms with E-state index in [1.54, 1.807) is 12.1 Å². The molecule has 1 heterocycles. The monoisotopic (exact) mass is 505 g/mol. The van der Waals surface area contributed by atoms with Crippen LogP contribution in [0.3, 0.4) is 0 Å². The van der Waals surface area contributed by atoms with E-state index in [-0.39, 0.29) is 4.91 Å². The first-order chi connectivity index (χ1) is 12.9. The average molecular weight is 505 g/mol. The number of carbonyl (C=O) groups is 3. The number of ether oxygens (including phenoxy) is 3. The number of methoxy groups -OCH3 is 1. The maximum atomic E-state index is 12.4. The Balaban J connectivity index is 2.31. The molecule has 2 rings (SSSR count). The van der Waals surface area contributed by atoms with Crippen molar-refractivity contribution in [2.75, 3.05) is 26.9 Å². The molecule has 0 aromatic heterocycles. The van der Waals surface area contributed by atoms with Crippen LogP contribution in [0.1, 0.15) is 25.8 Å². The fraction of sp³-hybridized carbons (Fsp3) is 0.389. The lowest BCUT2D eigenvalue weighted by atomic mass is 10.2. The minimum atomic E-state index is -0.649. The fourth-order valence-corrected chi connectivity index (χ4v) is 3.88. The third-order valence-corrected chi connectivity index (χ3v) is 5.18. The van der Waals surface area contributed by atoms with Crippen molar-refractivity contribution in [1.82, 2.24) is 4.90 Å². The van der Waals surface area contributed by atoms with E-state index < -0.39 is 23.7 Å². The smallest absolute Gasteiger partial charge is 0.325 e. The maximum Gasteiger partial charge on any atom is 0.325 e. The minimum Gasteiger partial charge on any atom is -0.490 e. The van der Waals surface area contributed by atoms with Crippen LogP contribution < -0.4 is 9.47 Å². The summed E-state index contributed by atoms with van der Waals surface area (Å²) in [6.07, 6.45) is 2.48. The third-order valence-electron chi connectivity index (χ3n) is 3.47. The second-order valence-electron chi connectivity index (χ2n) is 5.46. The molecule has 0 N–H and O–H groups in total. The van der Waals surface area contributed by atoms with E-state index in [0.29, 0.717) is 30.3 Å². The zero-order valence-electron chi connectivity index (χ0n) is 15.2. The number of thioether (sulfide) groups is 1. The highest BCUT2D eigenvalue weighted by Crippen LogP contribution is 2.37. The highest BCUT2D eigenvalue weighted by molar-refractivity contribution is 14.1. The summed E-state index contributed by atoms with van der Waals surface area (Å²) in [6, 6.07) is 3.62. The second kappa shape index (κ2) is 9.98. The second-order valence-corrected chi connectivity index (χ2v) is 7.61. The van der Waals surface area contributed by atoms with Crippen LogP contribution in [-0.2, 0) is 14.3 Å². The van der Waals surface area contributed by atoms with Crippen LogP contribution in [-0.4, -0.2) is 48.9 Å². The summed E-state index contributed by atoms with van der Waals surface area (Å²) >= 11 is 2.94. The van der Waals surface area contributed by atoms with E-state index in [1.165, 1.54) is 7.11 Å². The molecule has 1 aromatic carbocycles. The Morgan fingerprint density at radius 1 is 1.26 bits per heavy atom. The van der Waals surface area contributed by atoms with Crippen LogP contribution in [0, 0.1) is 3.57 Å². The van der Waals surface area contributed by atoms with Crippen LogP contribution in [0.25, 0.3) is 6.08 Å². The van der Waals surface area contributed by atoms with Crippen LogP contribution in [0.2, 0.25) is 0 Å². The molecule has 0 unspecified atom stereocenters. The lowest BCUT2D eigenvalue weighted by Crippen LogP contribution is -2.34. The summed E-state index contributed by atoms with van der Waals surface area (Å²) in [5.41, 5.74) is 0.704. The molecular formula is C18H20INO6S. The van der Waals surface area contributed by atoms with Gasteiger partial charge in [-0.2, -0.15) is 0 Å². The largest absolute Gasteiger partial charge is 0.490 e. The van der Waals surface area contributed by atoms with E-state index in [2.05, 4.69) is 27.3 Å². The predicted octanol–water partition coefficient (Wildman–Crippen LogP) is 3.69. The quantitative estimate of drug-likeness (QED) is 0.303. The van der Waals surface area contributed by atoms with E-state index >= 15 is 0 Å². The molecule has 1 saturated heterocycles. The van der Waals surface area contributed by atoms with Crippen molar-refractivity contribution in [2.45, 2.75) is 20.3 Å². The molecule has 0 bridgehead atoms. The number of rotatable bonds is 8. The zero-order valence-corrected chi connectivity index (χ0v) is 18.2. The summed E-state index contributed by atoms with van der Waals surface area (Å²) in [4.78, 5) is 36.9. The lowest BCUT2D eigenvalue weighted by molar-refractivity contribution is -0.143. The van der Waals surface area contributed by atoms with Crippen LogP contribution >= 0.6 is 34.4 Å². The molecule has 9 heteroatoms. The molecule has 1 aliphatic rings. The normalized spacial score (nSPS) is 15.4. The van der Waals surface area contributed by atoms with E-state index in [1.807, 2.05) is 19.9 Å². The fourth-order valence-electron chi connectivity index (χ4n) is 2.26. The van der Waals surface area contributed by atoms with Crippen LogP contribution in [0.5, 0.6) is 11.5 Å². The summed E-state index contributed by atoms with van der Waals surface area (Å²) < 4.78 is 16.8. The van der Waals surface area contributed by atoms with Gasteiger partial charge in [0.15, 0.2) is 11.5 Å². The summed E-state index contributed by atoms with van der Waals surface area (Å²) in [5.74, 6) is 0.0759. The Bertz CT molecular complexity index is 779. The van der Waals surface area contributed by atoms with Gasteiger partial charge in [-0.15, -0.1) is 0 Å². The molecule has 0 aliphatic carbocycles. The molecule has 2 amide bonds. The Hall–Kier alpha value is -1.75. The van der Waals surface area contributed by atoms with Crippen molar-refractivity contribution < 1.29 is 28.6 Å². The highest BCUT2D eigenvalue weighted by atomic mass is 127. The van der Waals surface area contributed by atoms with E-state index in [4.69, 9.17) is 9.47 Å². The lowest BCUT2D eigenvalue weighted by Gasteiger charge is -2.14. The summed E-state index contributed by atoms with van der Waals surface area (Å²) in [6.45, 7) is 4.54. The molecule has 146 valence electrons. The number of hydrogen-bond donors (Lipinski definition) is 0. The zero-order chi connectivity index (χ0) is 20.0. The molecule has 0 spiro atoms. The van der Waals surface area contributed by atoms with Crippen molar-refractivity contribution >= 4 is 57.5 Å². The van der Waals surface area contributed by atoms with Gasteiger partial charge in [0.25, 0.3) is 11.1 Å². The number of benzene rings is 1. The van der Waals surface area contributed by atoms with Crippen molar-refractivity contribution in [3.05, 3.63) is 26.2 Å². The third kappa shape index (κ3) is 5.38. The van der Waals surface area contributed by atoms with Gasteiger partial charge in [0.05, 0.1) is 28.8 Å². The molecule has 0 atom stereocenters. The molecule has 1 aliphatic heterocycles. The van der Waals surface area contributed by atoms with E-state index in [9.17, 15) is 14.4 Å². The molecule has 0 saturated carbocycles. The number of nitrogens with zero attached hydrogens (tertiary/aromatic N) is 1. The van der Waals surface area contributed by atoms with Gasteiger partial charge in [-0.05, 0) is 71.5 Å². The van der Waals surface area contributed by atoms with Crippen molar-refractivity contribution in [1.29, 1.82) is 0 Å². The van der Waals surface area contributed by atoms with E-state index in [0.717, 1.165) is 26.7 Å². The highest BCUT2D eigenvalue weighted by Gasteiger charge is 2.36. The first-order valence-corrected chi connectivity index (χ1v) is 10.2. The first-order valence-electron chi connectivity index (χ1n) is 8.32. The van der Waals surface area contributed by atoms with Gasteiger partial charge >= 0.3 is 5.97 Å². The average Bonchev–Trinajstić information content (AvgIpc) is 2.88. The molecule has 27 heavy (non-hydrogen) atoms. The maximum absolute atomic E-state index is 12.4. The number of imide groups is 1. The van der Waals surface area contributed by atoms with Crippen molar-refractivity contribution in [3.63, 3.8) is 0 Å². The molecule has 1 fully saturated rings. The van der Waals surface area contributed by atoms with Gasteiger partial charge in [-0.3, -0.25) is 19.3 Å². The van der Waals surface area contributed by atoms with Gasteiger partial charge in [-0.1, -0.05) is 6.92 Å². The standard InChI is InChI=1S/C18H20INO6S/c1-4-6-26-16-12(19)7-11(8-13(16)25-5-2)9-14-17(22)20(18(23)27-14)10-15(21)24-3/h7-9H,4-6,10H2,1-3H3/b14-9-. The minimum absolute atomic E-state index is 0.240. The Morgan fingerprint density at radius 3 is 2.63 bits per heavy atom. The Morgan fingerprint density at radius 2 is 2.00 bits per heavy atom. The van der Waals surface area contributed by atoms with Crippen molar-refractivity contribution in [3.8, 4) is 11.5 Å². The number of esters is 1. The molecule has 0 radical (unpaired) electrons. The van der Waals surface area contributed by atoms with Gasteiger partial charge in [-0.25, -0.2) is 0 Å². The predicted molar refractivity (Wildman–Crippen MR) is 111 cm³/mol. The SMILES string of the molecule is CCCOc1c(I)cc(/C=C2\SC(=O)N(CC(=O)OC)C2=O)cc1OCC. The number of amides is 2. The number of halogens is 1. The molecule has 7 nitrogen and oxygen atoms in total. The van der Waals surface area contributed by atoms with Crippen molar-refractivity contribution in [2.24, 2.45) is 0 Å². The first kappa shape index (κ1) is 21.5. The van der Waals surface area contributed by atoms with Gasteiger partial charge < -0.3 is 14.2 Å². The van der Waals surface area contributed by atoms with Gasteiger partial charge in [0, 0.05) is 0 Å². The topological polar surface area (TPSA) is 82.1 Å². The number of hydrogen-bond acceptors (Lipinski definition) is 7. The van der Waals surface area contributed by atoms with Gasteiger partial charge in [0.1, 0.15) is 6.54 Å². The van der Waals surface area contributed by atoms with Crippen LogP contribution in [0.15, 0.2) is 17.0 Å². The number of carbonyl (C=O) groups excluding carboxylic acids is 3. The summed E-state index contributed by atoms with van der Waals surface area (Å²) in [5, 5.41) is -0.501. The molecular weight excluding hydrogens is 485 g/mol.